The third-order valence-electron chi connectivity index (χ3n) is 4.17. The van der Waals surface area contributed by atoms with Crippen LogP contribution in [0.15, 0.2) is 24.3 Å². The van der Waals surface area contributed by atoms with E-state index in [0.717, 1.165) is 24.3 Å². The minimum absolute atomic E-state index is 0.0949. The summed E-state index contributed by atoms with van der Waals surface area (Å²) in [5.74, 6) is 2.98. The van der Waals surface area contributed by atoms with Gasteiger partial charge in [-0.1, -0.05) is 26.0 Å². The van der Waals surface area contributed by atoms with Crippen molar-refractivity contribution in [3.8, 4) is 11.5 Å². The highest BCUT2D eigenvalue weighted by Gasteiger charge is 2.31. The monoisotopic (exact) mass is 263 g/mol. The third-order valence-corrected chi connectivity index (χ3v) is 4.17. The molecule has 106 valence electrons. The van der Waals surface area contributed by atoms with E-state index in [4.69, 9.17) is 15.2 Å². The van der Waals surface area contributed by atoms with Crippen molar-refractivity contribution in [3.05, 3.63) is 24.3 Å². The van der Waals surface area contributed by atoms with Gasteiger partial charge in [-0.25, -0.2) is 0 Å². The molecule has 1 aliphatic carbocycles. The number of methoxy groups -OCH3 is 1. The predicted molar refractivity (Wildman–Crippen MR) is 77.6 cm³/mol. The van der Waals surface area contributed by atoms with Crippen LogP contribution in [0.25, 0.3) is 0 Å². The van der Waals surface area contributed by atoms with Crippen molar-refractivity contribution in [2.24, 2.45) is 17.6 Å². The van der Waals surface area contributed by atoms with Crippen molar-refractivity contribution in [1.29, 1.82) is 0 Å². The SMILES string of the molecule is COc1ccccc1OC1CC(C(C)C)CCC1N. The van der Waals surface area contributed by atoms with E-state index in [2.05, 4.69) is 13.8 Å². The number of nitrogens with two attached hydrogens (primary N) is 1. The Morgan fingerprint density at radius 1 is 1.16 bits per heavy atom. The number of para-hydroxylation sites is 2. The summed E-state index contributed by atoms with van der Waals surface area (Å²) in [7, 11) is 1.67. The molecule has 0 saturated heterocycles. The first-order chi connectivity index (χ1) is 9.11. The summed E-state index contributed by atoms with van der Waals surface area (Å²) in [4.78, 5) is 0. The molecule has 1 aliphatic rings. The lowest BCUT2D eigenvalue weighted by Crippen LogP contribution is -2.44. The molecule has 1 aromatic carbocycles. The molecule has 3 nitrogen and oxygen atoms in total. The van der Waals surface area contributed by atoms with Gasteiger partial charge < -0.3 is 15.2 Å². The Kier molecular flexibility index (Phi) is 4.70. The van der Waals surface area contributed by atoms with E-state index in [-0.39, 0.29) is 12.1 Å². The largest absolute Gasteiger partial charge is 0.493 e. The average Bonchev–Trinajstić information content (AvgIpc) is 2.41. The van der Waals surface area contributed by atoms with Crippen LogP contribution in [0.3, 0.4) is 0 Å². The number of benzene rings is 1. The fourth-order valence-electron chi connectivity index (χ4n) is 2.80. The number of hydrogen-bond acceptors (Lipinski definition) is 3. The van der Waals surface area contributed by atoms with Gasteiger partial charge in [0.25, 0.3) is 0 Å². The lowest BCUT2D eigenvalue weighted by molar-refractivity contribution is 0.0842. The number of hydrogen-bond donors (Lipinski definition) is 1. The molecular weight excluding hydrogens is 238 g/mol. The molecule has 3 heteroatoms. The quantitative estimate of drug-likeness (QED) is 0.907. The predicted octanol–water partition coefficient (Wildman–Crippen LogP) is 3.23. The van der Waals surface area contributed by atoms with Crippen LogP contribution >= 0.6 is 0 Å². The Bertz CT molecular complexity index is 405. The zero-order chi connectivity index (χ0) is 13.8. The van der Waals surface area contributed by atoms with E-state index in [0.29, 0.717) is 11.8 Å². The van der Waals surface area contributed by atoms with Crippen LogP contribution in [-0.2, 0) is 0 Å². The van der Waals surface area contributed by atoms with Gasteiger partial charge in [0.05, 0.1) is 7.11 Å². The summed E-state index contributed by atoms with van der Waals surface area (Å²) in [6.07, 6.45) is 3.39. The summed E-state index contributed by atoms with van der Waals surface area (Å²) in [6, 6.07) is 7.91. The zero-order valence-corrected chi connectivity index (χ0v) is 12.1. The molecule has 1 aromatic rings. The molecular formula is C16H25NO2. The van der Waals surface area contributed by atoms with Crippen molar-refractivity contribution < 1.29 is 9.47 Å². The van der Waals surface area contributed by atoms with Gasteiger partial charge in [0, 0.05) is 6.04 Å². The molecule has 0 spiro atoms. The molecule has 3 atom stereocenters. The third kappa shape index (κ3) is 3.41. The Morgan fingerprint density at radius 3 is 2.47 bits per heavy atom. The molecule has 0 heterocycles. The summed E-state index contributed by atoms with van der Waals surface area (Å²) < 4.78 is 11.5. The first kappa shape index (κ1) is 14.2. The van der Waals surface area contributed by atoms with E-state index in [1.807, 2.05) is 24.3 Å². The normalized spacial score (nSPS) is 27.3. The smallest absolute Gasteiger partial charge is 0.161 e. The standard InChI is InChI=1S/C16H25NO2/c1-11(2)12-8-9-13(17)16(10-12)19-15-7-5-4-6-14(15)18-3/h4-7,11-13,16H,8-10,17H2,1-3H3. The van der Waals surface area contributed by atoms with Crippen LogP contribution in [0.1, 0.15) is 33.1 Å². The molecule has 0 aromatic heterocycles. The van der Waals surface area contributed by atoms with Gasteiger partial charge in [-0.05, 0) is 43.2 Å². The van der Waals surface area contributed by atoms with Gasteiger partial charge in [-0.3, -0.25) is 0 Å². The number of ether oxygens (including phenoxy) is 2. The van der Waals surface area contributed by atoms with Crippen LogP contribution in [0, 0.1) is 11.8 Å². The van der Waals surface area contributed by atoms with Gasteiger partial charge >= 0.3 is 0 Å². The van der Waals surface area contributed by atoms with E-state index in [1.165, 1.54) is 6.42 Å². The van der Waals surface area contributed by atoms with E-state index in [9.17, 15) is 0 Å². The van der Waals surface area contributed by atoms with Crippen LogP contribution in [0.4, 0.5) is 0 Å². The molecule has 19 heavy (non-hydrogen) atoms. The van der Waals surface area contributed by atoms with Crippen molar-refractivity contribution in [1.82, 2.24) is 0 Å². The maximum absolute atomic E-state index is 6.21. The first-order valence-electron chi connectivity index (χ1n) is 7.17. The first-order valence-corrected chi connectivity index (χ1v) is 7.17. The van der Waals surface area contributed by atoms with Gasteiger partial charge in [0.2, 0.25) is 0 Å². The second-order valence-electron chi connectivity index (χ2n) is 5.79. The van der Waals surface area contributed by atoms with Crippen molar-refractivity contribution in [3.63, 3.8) is 0 Å². The second-order valence-corrected chi connectivity index (χ2v) is 5.79. The molecule has 0 aliphatic heterocycles. The highest BCUT2D eigenvalue weighted by molar-refractivity contribution is 5.39. The molecule has 2 N–H and O–H groups in total. The van der Waals surface area contributed by atoms with E-state index < -0.39 is 0 Å². The van der Waals surface area contributed by atoms with Crippen LogP contribution < -0.4 is 15.2 Å². The van der Waals surface area contributed by atoms with Crippen LogP contribution in [-0.4, -0.2) is 19.3 Å². The summed E-state index contributed by atoms with van der Waals surface area (Å²) in [5.41, 5.74) is 6.21. The van der Waals surface area contributed by atoms with Crippen LogP contribution in [0.5, 0.6) is 11.5 Å². The lowest BCUT2D eigenvalue weighted by Gasteiger charge is -2.36. The summed E-state index contributed by atoms with van der Waals surface area (Å²) in [6.45, 7) is 4.56. The maximum atomic E-state index is 6.21. The fourth-order valence-corrected chi connectivity index (χ4v) is 2.80. The highest BCUT2D eigenvalue weighted by atomic mass is 16.5. The van der Waals surface area contributed by atoms with Crippen molar-refractivity contribution in [2.75, 3.05) is 7.11 Å². The second kappa shape index (κ2) is 6.29. The highest BCUT2D eigenvalue weighted by Crippen LogP contribution is 2.34. The minimum Gasteiger partial charge on any atom is -0.493 e. The molecule has 2 rings (SSSR count). The van der Waals surface area contributed by atoms with E-state index >= 15 is 0 Å². The average molecular weight is 263 g/mol. The Balaban J connectivity index is 2.07. The topological polar surface area (TPSA) is 44.5 Å². The van der Waals surface area contributed by atoms with E-state index in [1.54, 1.807) is 7.11 Å². The van der Waals surface area contributed by atoms with Crippen molar-refractivity contribution in [2.45, 2.75) is 45.3 Å². The summed E-state index contributed by atoms with van der Waals surface area (Å²) >= 11 is 0. The van der Waals surface area contributed by atoms with Crippen molar-refractivity contribution >= 4 is 0 Å². The minimum atomic E-state index is 0.0949. The maximum Gasteiger partial charge on any atom is 0.161 e. The van der Waals surface area contributed by atoms with Gasteiger partial charge in [-0.2, -0.15) is 0 Å². The lowest BCUT2D eigenvalue weighted by atomic mass is 9.78. The van der Waals surface area contributed by atoms with Gasteiger partial charge in [0.15, 0.2) is 11.5 Å². The zero-order valence-electron chi connectivity index (χ0n) is 12.1. The fraction of sp³-hybridized carbons (Fsp3) is 0.625. The summed E-state index contributed by atoms with van der Waals surface area (Å²) in [5, 5.41) is 0. The molecule has 1 fully saturated rings. The molecule has 3 unspecified atom stereocenters. The molecule has 0 amide bonds. The van der Waals surface area contributed by atoms with Gasteiger partial charge in [0.1, 0.15) is 6.10 Å². The Hall–Kier alpha value is -1.22. The Labute approximate surface area is 116 Å². The van der Waals surface area contributed by atoms with Crippen LogP contribution in [0.2, 0.25) is 0 Å². The number of rotatable bonds is 4. The van der Waals surface area contributed by atoms with Gasteiger partial charge in [-0.15, -0.1) is 0 Å². The molecule has 0 bridgehead atoms. The molecule has 1 saturated carbocycles. The Morgan fingerprint density at radius 2 is 1.84 bits per heavy atom. The molecule has 0 radical (unpaired) electrons.